The summed E-state index contributed by atoms with van der Waals surface area (Å²) in [7, 11) is -3.67. The third kappa shape index (κ3) is 8.93. The van der Waals surface area contributed by atoms with Gasteiger partial charge in [0, 0.05) is 16.8 Å². The van der Waals surface area contributed by atoms with Crippen LogP contribution >= 0.6 is 0 Å². The second-order valence-corrected chi connectivity index (χ2v) is 9.84. The number of ether oxygens (including phenoxy) is 1. The van der Waals surface area contributed by atoms with Crippen LogP contribution in [0.15, 0.2) is 89.9 Å². The molecule has 0 aliphatic heterocycles. The van der Waals surface area contributed by atoms with Crippen LogP contribution in [0.3, 0.4) is 0 Å². The number of esters is 1. The van der Waals surface area contributed by atoms with Gasteiger partial charge >= 0.3 is 5.97 Å². The Morgan fingerprint density at radius 2 is 1.35 bits per heavy atom. The third-order valence-electron chi connectivity index (χ3n) is 5.10. The third-order valence-corrected chi connectivity index (χ3v) is 5.10. The Bertz CT molecular complexity index is 1690. The number of nitrogens with two attached hydrogens (primary N) is 3. The average Bonchev–Trinajstić information content (AvgIpc) is 2.87. The minimum atomic E-state index is -3.67. The first kappa shape index (κ1) is 29.3. The van der Waals surface area contributed by atoms with E-state index in [9.17, 15) is 18.0 Å². The van der Waals surface area contributed by atoms with Crippen molar-refractivity contribution in [3.8, 4) is 5.75 Å². The van der Waals surface area contributed by atoms with Gasteiger partial charge in [-0.25, -0.2) is 9.79 Å². The second-order valence-electron chi connectivity index (χ2n) is 8.37. The summed E-state index contributed by atoms with van der Waals surface area (Å²) in [6.45, 7) is 0. The highest BCUT2D eigenvalue weighted by Crippen LogP contribution is 2.23. The first-order valence-electron chi connectivity index (χ1n) is 11.4. The van der Waals surface area contributed by atoms with Gasteiger partial charge in [-0.15, -0.1) is 0 Å². The number of hydrogen-bond acceptors (Lipinski definition) is 7. The molecule has 0 fully saturated rings. The van der Waals surface area contributed by atoms with Gasteiger partial charge in [0.05, 0.1) is 17.5 Å². The summed E-state index contributed by atoms with van der Waals surface area (Å²) < 4.78 is 31.4. The van der Waals surface area contributed by atoms with Gasteiger partial charge < -0.3 is 27.3 Å². The van der Waals surface area contributed by atoms with Crippen LogP contribution in [0.1, 0.15) is 26.3 Å². The van der Waals surface area contributed by atoms with Crippen molar-refractivity contribution in [2.75, 3.05) is 11.6 Å². The van der Waals surface area contributed by atoms with Crippen molar-refractivity contribution in [2.45, 2.75) is 0 Å². The summed E-state index contributed by atoms with van der Waals surface area (Å²) in [6.07, 6.45) is 0.715. The van der Waals surface area contributed by atoms with Crippen LogP contribution in [-0.2, 0) is 10.1 Å². The number of amidine groups is 1. The van der Waals surface area contributed by atoms with Gasteiger partial charge in [-0.3, -0.25) is 14.8 Å². The van der Waals surface area contributed by atoms with Gasteiger partial charge in [-0.05, 0) is 77.5 Å². The fraction of sp³-hybridized carbons (Fsp3) is 0.0370. The summed E-state index contributed by atoms with van der Waals surface area (Å²) in [6, 6.07) is 23.4. The van der Waals surface area contributed by atoms with Crippen LogP contribution in [0, 0.1) is 5.41 Å². The fourth-order valence-electron chi connectivity index (χ4n) is 3.35. The van der Waals surface area contributed by atoms with Crippen molar-refractivity contribution in [3.63, 3.8) is 0 Å². The lowest BCUT2D eigenvalue weighted by Gasteiger charge is -2.08. The molecule has 4 aromatic rings. The molecule has 4 aromatic carbocycles. The lowest BCUT2D eigenvalue weighted by atomic mass is 10.1. The van der Waals surface area contributed by atoms with Gasteiger partial charge in [-0.2, -0.15) is 8.42 Å². The van der Waals surface area contributed by atoms with Gasteiger partial charge in [0.25, 0.3) is 16.0 Å². The number of benzene rings is 4. The largest absolute Gasteiger partial charge is 0.423 e. The van der Waals surface area contributed by atoms with E-state index in [1.807, 2.05) is 6.07 Å². The molecule has 13 heteroatoms. The van der Waals surface area contributed by atoms with E-state index in [0.717, 1.165) is 10.8 Å². The molecule has 1 amide bonds. The maximum absolute atomic E-state index is 12.6. The first-order valence-corrected chi connectivity index (χ1v) is 13.3. The van der Waals surface area contributed by atoms with Crippen molar-refractivity contribution >= 4 is 55.9 Å². The molecule has 9 N–H and O–H groups in total. The van der Waals surface area contributed by atoms with Crippen LogP contribution in [-0.4, -0.2) is 42.9 Å². The van der Waals surface area contributed by atoms with E-state index >= 15 is 0 Å². The van der Waals surface area contributed by atoms with Crippen LogP contribution in [0.4, 0.5) is 11.4 Å². The van der Waals surface area contributed by atoms with E-state index in [1.54, 1.807) is 78.9 Å². The van der Waals surface area contributed by atoms with Crippen LogP contribution in [0.2, 0.25) is 0 Å². The summed E-state index contributed by atoms with van der Waals surface area (Å²) in [5.74, 6) is -0.536. The number of nitrogen functional groups attached to an aromatic ring is 1. The molecular weight excluding hydrogens is 536 g/mol. The molecule has 0 saturated carbocycles. The predicted molar refractivity (Wildman–Crippen MR) is 154 cm³/mol. The van der Waals surface area contributed by atoms with E-state index in [0.29, 0.717) is 40.1 Å². The lowest BCUT2D eigenvalue weighted by molar-refractivity contribution is 0.0735. The topological polar surface area (TPSA) is 224 Å². The van der Waals surface area contributed by atoms with E-state index < -0.39 is 16.1 Å². The molecule has 0 unspecified atom stereocenters. The van der Waals surface area contributed by atoms with Gasteiger partial charge in [0.15, 0.2) is 5.96 Å². The van der Waals surface area contributed by atoms with Crippen molar-refractivity contribution < 1.29 is 27.3 Å². The molecule has 0 aromatic heterocycles. The number of fused-ring (bicyclic) bond motifs is 1. The molecular formula is C27H26N6O6S. The number of hydrogen-bond donors (Lipinski definition) is 6. The fourth-order valence-corrected chi connectivity index (χ4v) is 3.35. The van der Waals surface area contributed by atoms with Crippen LogP contribution in [0.25, 0.3) is 10.8 Å². The number of carbonyl (C=O) groups excluding carboxylic acids is 2. The monoisotopic (exact) mass is 562 g/mol. The maximum atomic E-state index is 12.6. The molecule has 0 saturated heterocycles. The van der Waals surface area contributed by atoms with Gasteiger partial charge in [0.2, 0.25) is 0 Å². The molecule has 0 bridgehead atoms. The molecule has 0 radical (unpaired) electrons. The highest BCUT2D eigenvalue weighted by Gasteiger charge is 2.11. The summed E-state index contributed by atoms with van der Waals surface area (Å²) in [5, 5.41) is 12.0. The molecule has 206 valence electrons. The minimum absolute atomic E-state index is 0.0113. The number of nitrogens with one attached hydrogen (secondary N) is 2. The SMILES string of the molecule is CS(=O)(=O)O.N=C(N)c1ccc2cc(OC(=O)c3ccc(NC(=O)c4ccc(N=C(N)N)cc4)cc3)ccc2c1. The van der Waals surface area contributed by atoms with Crippen molar-refractivity contribution in [1.29, 1.82) is 5.41 Å². The molecule has 0 atom stereocenters. The standard InChI is InChI=1S/C26H22N6O3.CH4O3S/c27-23(28)19-2-1-18-14-22(12-7-17(18)13-19)35-25(34)16-5-10-20(11-6-16)31-24(33)15-3-8-21(9-4-15)32-26(29)30;1-5(2,3)4/h1-14H,(H3,27,28)(H,31,33)(H4,29,30,32);1H3,(H,2,3,4). The first-order chi connectivity index (χ1) is 18.8. The molecule has 0 heterocycles. The molecule has 12 nitrogen and oxygen atoms in total. The Hall–Kier alpha value is -5.27. The summed E-state index contributed by atoms with van der Waals surface area (Å²) in [4.78, 5) is 28.9. The second kappa shape index (κ2) is 12.5. The Balaban J connectivity index is 0.000000810. The Labute approximate surface area is 229 Å². The van der Waals surface area contributed by atoms with Crippen LogP contribution in [0.5, 0.6) is 5.75 Å². The zero-order chi connectivity index (χ0) is 29.4. The van der Waals surface area contributed by atoms with E-state index in [2.05, 4.69) is 10.3 Å². The smallest absolute Gasteiger partial charge is 0.343 e. The summed E-state index contributed by atoms with van der Waals surface area (Å²) in [5.41, 5.74) is 18.7. The molecule has 4 rings (SSSR count). The van der Waals surface area contributed by atoms with Crippen molar-refractivity contribution in [1.82, 2.24) is 0 Å². The van der Waals surface area contributed by atoms with Gasteiger partial charge in [-0.1, -0.05) is 18.2 Å². The highest BCUT2D eigenvalue weighted by molar-refractivity contribution is 7.85. The van der Waals surface area contributed by atoms with Crippen molar-refractivity contribution in [2.24, 2.45) is 22.2 Å². The number of carbonyl (C=O) groups is 2. The Kier molecular flexibility index (Phi) is 9.16. The quantitative estimate of drug-likeness (QED) is 0.0666. The van der Waals surface area contributed by atoms with E-state index in [-0.39, 0.29) is 17.7 Å². The number of guanidine groups is 1. The van der Waals surface area contributed by atoms with Crippen LogP contribution < -0.4 is 27.3 Å². The maximum Gasteiger partial charge on any atom is 0.343 e. The van der Waals surface area contributed by atoms with Gasteiger partial charge in [0.1, 0.15) is 11.6 Å². The number of nitrogens with zero attached hydrogens (tertiary/aromatic N) is 1. The van der Waals surface area contributed by atoms with Crippen molar-refractivity contribution in [3.05, 3.63) is 102 Å². The molecule has 0 aliphatic carbocycles. The summed E-state index contributed by atoms with van der Waals surface area (Å²) >= 11 is 0. The zero-order valence-corrected chi connectivity index (χ0v) is 22.0. The predicted octanol–water partition coefficient (Wildman–Crippen LogP) is 3.00. The molecule has 0 spiro atoms. The molecule has 40 heavy (non-hydrogen) atoms. The number of amides is 1. The Morgan fingerprint density at radius 3 is 1.93 bits per heavy atom. The lowest BCUT2D eigenvalue weighted by Crippen LogP contribution is -2.21. The number of rotatable bonds is 6. The normalized spacial score (nSPS) is 10.6. The highest BCUT2D eigenvalue weighted by atomic mass is 32.2. The Morgan fingerprint density at radius 1 is 0.825 bits per heavy atom. The average molecular weight is 563 g/mol. The minimum Gasteiger partial charge on any atom is -0.423 e. The zero-order valence-electron chi connectivity index (χ0n) is 21.2. The number of aliphatic imine (C=N–C) groups is 1. The van der Waals surface area contributed by atoms with E-state index in [4.69, 9.17) is 31.9 Å². The number of anilines is 1. The van der Waals surface area contributed by atoms with E-state index in [1.165, 1.54) is 0 Å². The molecule has 0 aliphatic rings.